The lowest BCUT2D eigenvalue weighted by Crippen LogP contribution is -2.62. The molecule has 3 amide bonds. The predicted molar refractivity (Wildman–Crippen MR) is 180 cm³/mol. The smallest absolute Gasteiger partial charge is 0.252 e. The normalized spacial score (nSPS) is 20.1. The molecule has 0 spiro atoms. The van der Waals surface area contributed by atoms with Gasteiger partial charge in [0.2, 0.25) is 11.8 Å². The highest BCUT2D eigenvalue weighted by molar-refractivity contribution is 6.02. The lowest BCUT2D eigenvalue weighted by Gasteiger charge is -2.36. The third kappa shape index (κ3) is 7.96. The monoisotopic (exact) mass is 624 g/mol. The van der Waals surface area contributed by atoms with Crippen LogP contribution >= 0.6 is 0 Å². The molecule has 1 aliphatic carbocycles. The van der Waals surface area contributed by atoms with Crippen LogP contribution in [0, 0.1) is 11.8 Å². The number of piperidine rings is 1. The van der Waals surface area contributed by atoms with E-state index in [4.69, 9.17) is 4.74 Å². The zero-order chi connectivity index (χ0) is 31.8. The van der Waals surface area contributed by atoms with Gasteiger partial charge < -0.3 is 26.0 Å². The molecule has 3 aromatic rings. The van der Waals surface area contributed by atoms with Gasteiger partial charge in [0.15, 0.2) is 0 Å². The van der Waals surface area contributed by atoms with Crippen molar-refractivity contribution in [2.45, 2.75) is 81.8 Å². The van der Waals surface area contributed by atoms with E-state index in [0.29, 0.717) is 36.7 Å². The highest BCUT2D eigenvalue weighted by Gasteiger charge is 2.44. The van der Waals surface area contributed by atoms with Crippen molar-refractivity contribution in [3.63, 3.8) is 0 Å². The summed E-state index contributed by atoms with van der Waals surface area (Å²) < 4.78 is 5.61. The van der Waals surface area contributed by atoms with Crippen LogP contribution in [0.2, 0.25) is 0 Å². The first-order chi connectivity index (χ1) is 22.5. The van der Waals surface area contributed by atoms with Crippen molar-refractivity contribution in [2.75, 3.05) is 26.3 Å². The molecule has 2 aliphatic heterocycles. The van der Waals surface area contributed by atoms with E-state index in [1.54, 1.807) is 0 Å². The zero-order valence-corrected chi connectivity index (χ0v) is 26.8. The molecule has 3 aliphatic rings. The summed E-state index contributed by atoms with van der Waals surface area (Å²) in [6, 6.07) is 22.7. The molecular formula is C38H48N4O4. The number of hydrogen-bond acceptors (Lipinski definition) is 5. The molecule has 0 aromatic heterocycles. The molecular weight excluding hydrogens is 576 g/mol. The predicted octanol–water partition coefficient (Wildman–Crippen LogP) is 4.91. The Morgan fingerprint density at radius 2 is 1.52 bits per heavy atom. The van der Waals surface area contributed by atoms with E-state index in [1.807, 2.05) is 72.8 Å². The van der Waals surface area contributed by atoms with Crippen molar-refractivity contribution in [2.24, 2.45) is 11.8 Å². The van der Waals surface area contributed by atoms with E-state index in [-0.39, 0.29) is 23.8 Å². The van der Waals surface area contributed by atoms with E-state index in [9.17, 15) is 14.4 Å². The van der Waals surface area contributed by atoms with Crippen molar-refractivity contribution < 1.29 is 19.1 Å². The third-order valence-electron chi connectivity index (χ3n) is 10.4. The maximum atomic E-state index is 14.2. The number of carbonyl (C=O) groups excluding carboxylic acids is 3. The topological polar surface area (TPSA) is 109 Å². The molecule has 46 heavy (non-hydrogen) atoms. The summed E-state index contributed by atoms with van der Waals surface area (Å²) >= 11 is 0. The number of fused-ring (bicyclic) bond motifs is 1. The fourth-order valence-corrected chi connectivity index (χ4v) is 7.60. The molecule has 3 fully saturated rings. The Hall–Kier alpha value is -3.75. The van der Waals surface area contributed by atoms with E-state index < -0.39 is 11.6 Å². The summed E-state index contributed by atoms with van der Waals surface area (Å²) in [5.41, 5.74) is 0.440. The Labute approximate surface area is 272 Å². The molecule has 2 saturated heterocycles. The van der Waals surface area contributed by atoms with Crippen molar-refractivity contribution in [3.8, 4) is 0 Å². The lowest BCUT2D eigenvalue weighted by molar-refractivity contribution is -0.133. The van der Waals surface area contributed by atoms with Crippen LogP contribution in [0.5, 0.6) is 0 Å². The minimum atomic E-state index is -1.06. The first kappa shape index (κ1) is 32.2. The summed E-state index contributed by atoms with van der Waals surface area (Å²) in [6.07, 6.45) is 8.14. The van der Waals surface area contributed by atoms with Crippen LogP contribution in [0.3, 0.4) is 0 Å². The van der Waals surface area contributed by atoms with Gasteiger partial charge in [-0.3, -0.25) is 14.4 Å². The van der Waals surface area contributed by atoms with Gasteiger partial charge in [-0.15, -0.1) is 0 Å². The minimum absolute atomic E-state index is 0.0425. The molecule has 2 atom stereocenters. The number of rotatable bonds is 11. The highest BCUT2D eigenvalue weighted by Crippen LogP contribution is 2.31. The zero-order valence-electron chi connectivity index (χ0n) is 26.8. The molecule has 8 nitrogen and oxygen atoms in total. The van der Waals surface area contributed by atoms with Gasteiger partial charge >= 0.3 is 0 Å². The van der Waals surface area contributed by atoms with Crippen LogP contribution in [0.1, 0.15) is 73.7 Å². The molecule has 244 valence electrons. The van der Waals surface area contributed by atoms with Crippen LogP contribution in [0.25, 0.3) is 10.8 Å². The standard InChI is InChI=1S/C38H48N4O4/c43-35(32-13-12-29-10-4-5-11-31(29)26-32)42-38(18-6-7-19-38)37(45)41-34(25-27-8-2-1-3-9-27)36(44)40-33(30-14-20-39-21-15-30)24-28-16-22-46-23-17-28/h1-5,8-13,26,28,30,33-34,39H,6-7,14-25H2,(H,40,44)(H,41,45)(H,42,43)/t33-,34?/m1/s1. The van der Waals surface area contributed by atoms with Gasteiger partial charge in [-0.05, 0) is 98.3 Å². The SMILES string of the molecule is O=C(NC1(C(=O)NC(Cc2ccccc2)C(=O)N[C@H](CC2CCOCC2)C2CCNCC2)CCCC1)c1ccc2ccccc2c1. The van der Waals surface area contributed by atoms with E-state index in [2.05, 4.69) is 21.3 Å². The summed E-state index contributed by atoms with van der Waals surface area (Å²) in [5, 5.41) is 15.2. The van der Waals surface area contributed by atoms with Gasteiger partial charge in [-0.1, -0.05) is 73.5 Å². The van der Waals surface area contributed by atoms with Crippen molar-refractivity contribution in [1.29, 1.82) is 0 Å². The average Bonchev–Trinajstić information content (AvgIpc) is 3.58. The Bertz CT molecular complexity index is 1480. The van der Waals surface area contributed by atoms with Gasteiger partial charge in [-0.2, -0.15) is 0 Å². The average molecular weight is 625 g/mol. The largest absolute Gasteiger partial charge is 0.381 e. The quantitative estimate of drug-likeness (QED) is 0.243. The molecule has 0 bridgehead atoms. The molecule has 6 rings (SSSR count). The summed E-state index contributed by atoms with van der Waals surface area (Å²) in [5.74, 6) is 0.209. The van der Waals surface area contributed by atoms with Crippen molar-refractivity contribution in [3.05, 3.63) is 83.9 Å². The molecule has 4 N–H and O–H groups in total. The maximum Gasteiger partial charge on any atom is 0.252 e. The van der Waals surface area contributed by atoms with Crippen molar-refractivity contribution >= 4 is 28.5 Å². The first-order valence-electron chi connectivity index (χ1n) is 17.2. The fraction of sp³-hybridized carbons (Fsp3) is 0.500. The third-order valence-corrected chi connectivity index (χ3v) is 10.4. The number of benzene rings is 3. The lowest BCUT2D eigenvalue weighted by atomic mass is 9.82. The van der Waals surface area contributed by atoms with Gasteiger partial charge in [-0.25, -0.2) is 0 Å². The number of hydrogen-bond donors (Lipinski definition) is 4. The van der Waals surface area contributed by atoms with Gasteiger partial charge in [0.05, 0.1) is 0 Å². The number of ether oxygens (including phenoxy) is 1. The van der Waals surface area contributed by atoms with Gasteiger partial charge in [0, 0.05) is 31.2 Å². The molecule has 1 saturated carbocycles. The Kier molecular flexibility index (Phi) is 10.7. The van der Waals surface area contributed by atoms with Crippen molar-refractivity contribution in [1.82, 2.24) is 21.3 Å². The van der Waals surface area contributed by atoms with Crippen LogP contribution in [0.4, 0.5) is 0 Å². The summed E-state index contributed by atoms with van der Waals surface area (Å²) in [7, 11) is 0. The molecule has 8 heteroatoms. The van der Waals surface area contributed by atoms with E-state index in [0.717, 1.165) is 87.6 Å². The molecule has 1 unspecified atom stereocenters. The second kappa shape index (κ2) is 15.2. The Morgan fingerprint density at radius 1 is 0.826 bits per heavy atom. The summed E-state index contributed by atoms with van der Waals surface area (Å²) in [6.45, 7) is 3.46. The van der Waals surface area contributed by atoms with E-state index in [1.165, 1.54) is 0 Å². The Balaban J connectivity index is 1.20. The van der Waals surface area contributed by atoms with Crippen LogP contribution in [0.15, 0.2) is 72.8 Å². The second-order valence-electron chi connectivity index (χ2n) is 13.5. The van der Waals surface area contributed by atoms with E-state index >= 15 is 0 Å². The fourth-order valence-electron chi connectivity index (χ4n) is 7.60. The molecule has 0 radical (unpaired) electrons. The Morgan fingerprint density at radius 3 is 2.26 bits per heavy atom. The van der Waals surface area contributed by atoms with Crippen LogP contribution in [-0.2, 0) is 20.7 Å². The van der Waals surface area contributed by atoms with Gasteiger partial charge in [0.25, 0.3) is 5.91 Å². The first-order valence-corrected chi connectivity index (χ1v) is 17.2. The molecule has 3 aromatic carbocycles. The van der Waals surface area contributed by atoms with Gasteiger partial charge in [0.1, 0.15) is 11.6 Å². The maximum absolute atomic E-state index is 14.2. The highest BCUT2D eigenvalue weighted by atomic mass is 16.5. The second-order valence-corrected chi connectivity index (χ2v) is 13.5. The van der Waals surface area contributed by atoms with Crippen LogP contribution in [-0.4, -0.2) is 61.6 Å². The molecule has 2 heterocycles. The minimum Gasteiger partial charge on any atom is -0.381 e. The summed E-state index contributed by atoms with van der Waals surface area (Å²) in [4.78, 5) is 42.0. The number of nitrogens with one attached hydrogen (secondary N) is 4. The number of amides is 3. The van der Waals surface area contributed by atoms with Crippen LogP contribution < -0.4 is 21.3 Å². The number of carbonyl (C=O) groups is 3.